The largest absolute Gasteiger partial charge is 0.497 e. The summed E-state index contributed by atoms with van der Waals surface area (Å²) in [5.74, 6) is 0.541. The highest BCUT2D eigenvalue weighted by Gasteiger charge is 2.74. The Hall–Kier alpha value is -4.17. The second kappa shape index (κ2) is 21.0. The van der Waals surface area contributed by atoms with E-state index in [0.29, 0.717) is 50.2 Å². The van der Waals surface area contributed by atoms with Crippen molar-refractivity contribution in [3.63, 3.8) is 0 Å². The monoisotopic (exact) mass is 891 g/mol. The van der Waals surface area contributed by atoms with E-state index in [1.165, 1.54) is 0 Å². The Bertz CT molecular complexity index is 1870. The number of carboxylic acids is 1. The van der Waals surface area contributed by atoms with E-state index in [-0.39, 0.29) is 59.2 Å². The maximum Gasteiger partial charge on any atom is 0.331 e. The number of aliphatic imine (C=N–C) groups is 1. The second-order valence-corrected chi connectivity index (χ2v) is 20.2. The lowest BCUT2D eigenvalue weighted by atomic mass is 9.43. The number of amides is 1. The smallest absolute Gasteiger partial charge is 0.331 e. The molecule has 64 heavy (non-hydrogen) atoms. The van der Waals surface area contributed by atoms with E-state index < -0.39 is 23.9 Å². The Morgan fingerprint density at radius 1 is 0.906 bits per heavy atom. The van der Waals surface area contributed by atoms with E-state index in [1.54, 1.807) is 13.2 Å². The van der Waals surface area contributed by atoms with Gasteiger partial charge in [-0.05, 0) is 112 Å². The predicted molar refractivity (Wildman–Crippen MR) is 241 cm³/mol. The summed E-state index contributed by atoms with van der Waals surface area (Å²) >= 11 is 0. The fourth-order valence-electron chi connectivity index (χ4n) is 13.2. The van der Waals surface area contributed by atoms with Gasteiger partial charge in [-0.15, -0.1) is 0 Å². The molecule has 1 unspecified atom stereocenters. The minimum absolute atomic E-state index is 0.0216. The number of nitrogens with zero attached hydrogens (tertiary/aromatic N) is 1. The quantitative estimate of drug-likeness (QED) is 0.0380. The molecule has 2 aliphatic heterocycles. The van der Waals surface area contributed by atoms with E-state index >= 15 is 0 Å². The summed E-state index contributed by atoms with van der Waals surface area (Å²) in [5, 5.41) is 12.0. The average molecular weight is 891 g/mol. The van der Waals surface area contributed by atoms with Crippen LogP contribution in [0, 0.1) is 34.5 Å². The summed E-state index contributed by atoms with van der Waals surface area (Å²) in [6, 6.07) is 7.09. The molecule has 1 aromatic carbocycles. The summed E-state index contributed by atoms with van der Waals surface area (Å²) < 4.78 is 31.4. The Morgan fingerprint density at radius 2 is 1.61 bits per heavy atom. The van der Waals surface area contributed by atoms with Gasteiger partial charge in [0.05, 0.1) is 18.8 Å². The van der Waals surface area contributed by atoms with E-state index in [1.807, 2.05) is 24.3 Å². The highest BCUT2D eigenvalue weighted by Crippen LogP contribution is 2.73. The number of ether oxygens (including phenoxy) is 5. The third-order valence-electron chi connectivity index (χ3n) is 16.5. The predicted octanol–water partition coefficient (Wildman–Crippen LogP) is 7.81. The molecule has 14 nitrogen and oxygen atoms in total. The number of fused-ring (bicyclic) bond motifs is 4. The van der Waals surface area contributed by atoms with Gasteiger partial charge in [0.25, 0.3) is 0 Å². The standard InChI is InChI=1S/C50H74N4O10/c1-48-25-23-36(62-42(56)16-12-10-8-6-4-5-7-9-11-15-41(55)54-39(45(58)59)14-13-27-53-47(51)52)29-34(48)19-22-38-37(48)24-26-49(2)44(33-28-43(57)61-31-33)40-30-50(38,49)64-46(63-40)32-17-20-35(60-3)21-18-32/h17-18,20-21,28,34,36-40,44,46H,4-16,19,22-27,29-31H2,1-3H3,(H,54,55)(H,58,59)(H4,51,52,53)/t34-,36+,37+,38-,39+,40+,44+,46?,48+,49-,50+/m1/s1. The normalized spacial score (nSPS) is 33.1. The Morgan fingerprint density at radius 3 is 2.27 bits per heavy atom. The summed E-state index contributed by atoms with van der Waals surface area (Å²) in [5.41, 5.74) is 12.2. The minimum atomic E-state index is -1.05. The van der Waals surface area contributed by atoms with Crippen LogP contribution in [-0.4, -0.2) is 79.0 Å². The first-order chi connectivity index (χ1) is 30.8. The van der Waals surface area contributed by atoms with E-state index in [9.17, 15) is 24.3 Å². The molecule has 0 radical (unpaired) electrons. The Kier molecular flexibility index (Phi) is 15.7. The summed E-state index contributed by atoms with van der Waals surface area (Å²) in [6.07, 6.45) is 19.6. The van der Waals surface area contributed by atoms with Crippen LogP contribution in [0.25, 0.3) is 0 Å². The number of carbonyl (C=O) groups is 4. The highest BCUT2D eigenvalue weighted by atomic mass is 16.7. The van der Waals surface area contributed by atoms with Crippen LogP contribution >= 0.6 is 0 Å². The van der Waals surface area contributed by atoms with Crippen molar-refractivity contribution in [1.82, 2.24) is 5.32 Å². The van der Waals surface area contributed by atoms with Crippen LogP contribution in [0.5, 0.6) is 5.75 Å². The first kappa shape index (κ1) is 47.8. The van der Waals surface area contributed by atoms with Crippen LogP contribution in [0.15, 0.2) is 40.9 Å². The van der Waals surface area contributed by atoms with Crippen molar-refractivity contribution in [1.29, 1.82) is 0 Å². The van der Waals surface area contributed by atoms with Crippen LogP contribution < -0.4 is 21.5 Å². The number of carbonyl (C=O) groups excluding carboxylic acids is 3. The van der Waals surface area contributed by atoms with Gasteiger partial charge in [-0.1, -0.05) is 70.9 Å². The zero-order chi connectivity index (χ0) is 45.5. The maximum atomic E-state index is 13.1. The number of aliphatic carboxylic acids is 1. The molecule has 7 rings (SSSR count). The molecule has 2 heterocycles. The molecule has 4 saturated carbocycles. The fraction of sp³-hybridized carbons (Fsp3) is 0.740. The lowest BCUT2D eigenvalue weighted by molar-refractivity contribution is -0.319. The molecule has 354 valence electrons. The number of rotatable bonds is 22. The number of unbranched alkanes of at least 4 members (excludes halogenated alkanes) is 8. The molecule has 4 aliphatic carbocycles. The summed E-state index contributed by atoms with van der Waals surface area (Å²) in [7, 11) is 1.67. The molecule has 14 heteroatoms. The van der Waals surface area contributed by atoms with Crippen LogP contribution in [0.2, 0.25) is 0 Å². The second-order valence-electron chi connectivity index (χ2n) is 20.2. The van der Waals surface area contributed by atoms with E-state index in [2.05, 4.69) is 24.2 Å². The van der Waals surface area contributed by atoms with Crippen molar-refractivity contribution >= 4 is 29.8 Å². The number of benzene rings is 1. The zero-order valence-corrected chi connectivity index (χ0v) is 38.5. The molecule has 1 spiro atoms. The number of hydrogen-bond donors (Lipinski definition) is 4. The third kappa shape index (κ3) is 10.4. The lowest BCUT2D eigenvalue weighted by Gasteiger charge is -2.65. The van der Waals surface area contributed by atoms with Gasteiger partial charge < -0.3 is 45.6 Å². The van der Waals surface area contributed by atoms with E-state index in [4.69, 9.17) is 35.2 Å². The van der Waals surface area contributed by atoms with Gasteiger partial charge in [0.2, 0.25) is 5.91 Å². The lowest BCUT2D eigenvalue weighted by Crippen LogP contribution is -2.63. The van der Waals surface area contributed by atoms with E-state index in [0.717, 1.165) is 126 Å². The number of carboxylic acid groups (broad SMARTS) is 1. The van der Waals surface area contributed by atoms with Gasteiger partial charge in [0.1, 0.15) is 24.5 Å². The van der Waals surface area contributed by atoms with Crippen molar-refractivity contribution in [3.05, 3.63) is 41.5 Å². The number of guanidine groups is 1. The van der Waals surface area contributed by atoms with Crippen LogP contribution in [0.4, 0.5) is 0 Å². The number of cyclic esters (lactones) is 1. The Labute approximate surface area is 379 Å². The first-order valence-corrected chi connectivity index (χ1v) is 24.4. The van der Waals surface area contributed by atoms with Crippen molar-refractivity contribution in [2.24, 2.45) is 51.0 Å². The van der Waals surface area contributed by atoms with Crippen molar-refractivity contribution in [3.8, 4) is 5.75 Å². The van der Waals surface area contributed by atoms with Crippen molar-refractivity contribution in [2.75, 3.05) is 20.3 Å². The summed E-state index contributed by atoms with van der Waals surface area (Å²) in [4.78, 5) is 53.1. The SMILES string of the molecule is COc1ccc(C2O[C@H]3C[C@]4(O2)[C@@H]2CC[C@@H]5C[C@@H](OC(=O)CCCCCCCCCCCC(=O)N[C@@H](CCCN=C(N)N)C(=O)O)CC[C@]5(C)[C@H]2CC[C@]4(C)[C@H]3C2=CC(=O)OC2)cc1. The third-order valence-corrected chi connectivity index (χ3v) is 16.5. The van der Waals surface area contributed by atoms with Crippen molar-refractivity contribution < 1.29 is 48.0 Å². The molecule has 6 N–H and O–H groups in total. The number of methoxy groups -OCH3 is 1. The highest BCUT2D eigenvalue weighted by molar-refractivity contribution is 5.85. The first-order valence-electron chi connectivity index (χ1n) is 24.4. The molecule has 0 aromatic heterocycles. The van der Waals surface area contributed by atoms with Gasteiger partial charge in [-0.2, -0.15) is 0 Å². The molecular weight excluding hydrogens is 817 g/mol. The average Bonchev–Trinajstić information content (AvgIpc) is 3.77. The number of nitrogens with one attached hydrogen (secondary N) is 1. The number of hydrogen-bond acceptors (Lipinski definition) is 10. The van der Waals surface area contributed by atoms with Gasteiger partial charge in [0.15, 0.2) is 12.2 Å². The molecule has 1 aromatic rings. The molecule has 5 fully saturated rings. The zero-order valence-electron chi connectivity index (χ0n) is 38.5. The summed E-state index contributed by atoms with van der Waals surface area (Å²) in [6.45, 7) is 5.58. The topological polar surface area (TPSA) is 211 Å². The molecule has 1 saturated heterocycles. The Balaban J connectivity index is 0.819. The van der Waals surface area contributed by atoms with Gasteiger partial charge in [-0.3, -0.25) is 14.6 Å². The molecule has 1 amide bonds. The molecule has 2 bridgehead atoms. The maximum absolute atomic E-state index is 13.1. The van der Waals surface area contributed by atoms with Gasteiger partial charge >= 0.3 is 17.9 Å². The van der Waals surface area contributed by atoms with Gasteiger partial charge in [0, 0.05) is 48.8 Å². The minimum Gasteiger partial charge on any atom is -0.497 e. The van der Waals surface area contributed by atoms with Crippen LogP contribution in [0.3, 0.4) is 0 Å². The molecular formula is C50H74N4O10. The van der Waals surface area contributed by atoms with Crippen LogP contribution in [0.1, 0.15) is 161 Å². The molecule has 11 atom stereocenters. The fourth-order valence-corrected chi connectivity index (χ4v) is 13.2. The number of esters is 2. The molecule has 6 aliphatic rings. The van der Waals surface area contributed by atoms with Crippen LogP contribution in [-0.2, 0) is 38.1 Å². The van der Waals surface area contributed by atoms with Gasteiger partial charge in [-0.25, -0.2) is 9.59 Å². The van der Waals surface area contributed by atoms with Crippen molar-refractivity contribution in [2.45, 2.75) is 179 Å². The number of nitrogens with two attached hydrogens (primary N) is 2.